The third-order valence-corrected chi connectivity index (χ3v) is 7.82. The molecule has 0 radical (unpaired) electrons. The lowest BCUT2D eigenvalue weighted by molar-refractivity contribution is -0.145. The molecule has 2 fully saturated rings. The molecule has 1 amide bonds. The third-order valence-electron chi connectivity index (χ3n) is 7.82. The molecule has 1 aromatic carbocycles. The summed E-state index contributed by atoms with van der Waals surface area (Å²) in [5.41, 5.74) is -0.396. The van der Waals surface area contributed by atoms with Crippen LogP contribution in [0.2, 0.25) is 0 Å². The van der Waals surface area contributed by atoms with Gasteiger partial charge in [0.05, 0.1) is 12.7 Å². The number of carbonyl (C=O) groups excluding carboxylic acids is 1. The highest BCUT2D eigenvalue weighted by Crippen LogP contribution is 2.35. The van der Waals surface area contributed by atoms with E-state index in [4.69, 9.17) is 9.84 Å². The number of rotatable bonds is 11. The topological polar surface area (TPSA) is 108 Å². The van der Waals surface area contributed by atoms with Crippen molar-refractivity contribution in [2.24, 2.45) is 5.92 Å². The van der Waals surface area contributed by atoms with Gasteiger partial charge < -0.3 is 25.0 Å². The summed E-state index contributed by atoms with van der Waals surface area (Å²) in [6, 6.07) is 3.78. The monoisotopic (exact) mass is 617 g/mol. The van der Waals surface area contributed by atoms with E-state index < -0.39 is 41.7 Å². The Hall–Kier alpha value is -3.78. The van der Waals surface area contributed by atoms with Crippen molar-refractivity contribution >= 4 is 23.5 Å². The second kappa shape index (κ2) is 13.2. The fourth-order valence-corrected chi connectivity index (χ4v) is 5.35. The zero-order valence-corrected chi connectivity index (χ0v) is 23.5. The van der Waals surface area contributed by atoms with Crippen molar-refractivity contribution in [3.05, 3.63) is 41.2 Å². The van der Waals surface area contributed by atoms with Gasteiger partial charge in [0, 0.05) is 38.7 Å². The molecule has 2 saturated heterocycles. The van der Waals surface area contributed by atoms with Gasteiger partial charge in [-0.2, -0.15) is 26.3 Å². The van der Waals surface area contributed by atoms with Crippen molar-refractivity contribution in [1.29, 1.82) is 0 Å². The molecule has 2 aromatic rings. The largest absolute Gasteiger partial charge is 0.496 e. The summed E-state index contributed by atoms with van der Waals surface area (Å²) >= 11 is 0. The average Bonchev–Trinajstić information content (AvgIpc) is 2.91. The van der Waals surface area contributed by atoms with Gasteiger partial charge in [-0.1, -0.05) is 6.07 Å². The predicted octanol–water partition coefficient (Wildman–Crippen LogP) is 4.93. The summed E-state index contributed by atoms with van der Waals surface area (Å²) in [5.74, 6) is -2.18. The molecule has 15 heteroatoms. The summed E-state index contributed by atoms with van der Waals surface area (Å²) in [4.78, 5) is 34.4. The Bertz CT molecular complexity index is 1300. The molecule has 0 bridgehead atoms. The summed E-state index contributed by atoms with van der Waals surface area (Å²) in [6.07, 6.45) is -6.01. The van der Waals surface area contributed by atoms with E-state index in [0.29, 0.717) is 50.9 Å². The van der Waals surface area contributed by atoms with Crippen LogP contribution in [-0.2, 0) is 28.4 Å². The zero-order valence-electron chi connectivity index (χ0n) is 23.5. The Morgan fingerprint density at radius 2 is 1.70 bits per heavy atom. The van der Waals surface area contributed by atoms with E-state index in [2.05, 4.69) is 15.3 Å². The Morgan fingerprint density at radius 3 is 2.28 bits per heavy atom. The van der Waals surface area contributed by atoms with Crippen LogP contribution in [0.3, 0.4) is 0 Å². The molecular formula is C28H33F6N5O4. The van der Waals surface area contributed by atoms with Crippen LogP contribution in [0.4, 0.5) is 38.0 Å². The van der Waals surface area contributed by atoms with Gasteiger partial charge in [0.15, 0.2) is 0 Å². The van der Waals surface area contributed by atoms with Crippen LogP contribution in [-0.4, -0.2) is 66.3 Å². The smallest absolute Gasteiger partial charge is 0.451 e. The normalized spacial score (nSPS) is 17.9. The van der Waals surface area contributed by atoms with Gasteiger partial charge in [-0.05, 0) is 62.1 Å². The molecule has 4 rings (SSSR count). The van der Waals surface area contributed by atoms with Crippen LogP contribution < -0.4 is 19.9 Å². The van der Waals surface area contributed by atoms with Crippen molar-refractivity contribution in [3.8, 4) is 5.75 Å². The van der Waals surface area contributed by atoms with Crippen LogP contribution in [0.15, 0.2) is 24.3 Å². The van der Waals surface area contributed by atoms with E-state index in [1.165, 1.54) is 24.1 Å². The first-order valence-electron chi connectivity index (χ1n) is 14.0. The van der Waals surface area contributed by atoms with Crippen LogP contribution in [0, 0.1) is 5.92 Å². The molecule has 0 aliphatic carbocycles. The minimum atomic E-state index is -4.80. The number of amides is 1. The molecule has 1 aromatic heterocycles. The summed E-state index contributed by atoms with van der Waals surface area (Å²) in [6.45, 7) is 1.31. The Labute approximate surface area is 244 Å². The number of methoxy groups -OCH3 is 1. The number of hydrogen-bond acceptors (Lipinski definition) is 7. The molecule has 0 saturated carbocycles. The summed E-state index contributed by atoms with van der Waals surface area (Å²) in [5, 5.41) is 11.5. The average molecular weight is 618 g/mol. The molecule has 43 heavy (non-hydrogen) atoms. The Balaban J connectivity index is 1.39. The number of nitrogens with one attached hydrogen (secondary N) is 1. The number of carboxylic acid groups (broad SMARTS) is 1. The number of ether oxygens (including phenoxy) is 1. The SMILES string of the molecule is COc1cc(C(F)(F)F)ccc1CCNC(=O)C1CCN1c1cc(N2CCC(CCCC(=O)O)CC2)nc(C(F)(F)F)n1. The molecule has 236 valence electrons. The molecule has 2 aliphatic heterocycles. The molecule has 2 N–H and O–H groups in total. The van der Waals surface area contributed by atoms with Gasteiger partial charge in [-0.15, -0.1) is 0 Å². The van der Waals surface area contributed by atoms with E-state index in [1.54, 1.807) is 4.90 Å². The van der Waals surface area contributed by atoms with E-state index in [0.717, 1.165) is 18.6 Å². The quantitative estimate of drug-likeness (QED) is 0.342. The lowest BCUT2D eigenvalue weighted by Crippen LogP contribution is -2.57. The maximum Gasteiger partial charge on any atom is 0.451 e. The Morgan fingerprint density at radius 1 is 1.00 bits per heavy atom. The highest BCUT2D eigenvalue weighted by Gasteiger charge is 2.40. The molecule has 2 aliphatic rings. The zero-order chi connectivity index (χ0) is 31.4. The van der Waals surface area contributed by atoms with Crippen LogP contribution in [0.5, 0.6) is 5.75 Å². The fraction of sp³-hybridized carbons (Fsp3) is 0.571. The molecule has 0 spiro atoms. The lowest BCUT2D eigenvalue weighted by atomic mass is 9.91. The number of benzene rings is 1. The highest BCUT2D eigenvalue weighted by molar-refractivity contribution is 5.86. The summed E-state index contributed by atoms with van der Waals surface area (Å²) < 4.78 is 85.3. The number of piperidine rings is 1. The summed E-state index contributed by atoms with van der Waals surface area (Å²) in [7, 11) is 1.25. The van der Waals surface area contributed by atoms with Crippen molar-refractivity contribution < 1.29 is 45.8 Å². The number of anilines is 2. The second-order valence-electron chi connectivity index (χ2n) is 10.7. The number of carboxylic acids is 1. The maximum absolute atomic E-state index is 13.7. The minimum Gasteiger partial charge on any atom is -0.496 e. The third kappa shape index (κ3) is 8.20. The van der Waals surface area contributed by atoms with Gasteiger partial charge in [0.1, 0.15) is 23.4 Å². The first-order chi connectivity index (χ1) is 20.3. The van der Waals surface area contributed by atoms with Crippen molar-refractivity contribution in [2.75, 3.05) is 43.1 Å². The van der Waals surface area contributed by atoms with Gasteiger partial charge in [0.2, 0.25) is 11.7 Å². The first kappa shape index (κ1) is 32.1. The number of hydrogen-bond donors (Lipinski definition) is 2. The number of aromatic nitrogens is 2. The number of nitrogens with zero attached hydrogens (tertiary/aromatic N) is 4. The van der Waals surface area contributed by atoms with Gasteiger partial charge in [-0.25, -0.2) is 9.97 Å². The van der Waals surface area contributed by atoms with Crippen LogP contribution >= 0.6 is 0 Å². The lowest BCUT2D eigenvalue weighted by Gasteiger charge is -2.41. The van der Waals surface area contributed by atoms with Crippen molar-refractivity contribution in [1.82, 2.24) is 15.3 Å². The molecule has 9 nitrogen and oxygen atoms in total. The fourth-order valence-electron chi connectivity index (χ4n) is 5.35. The van der Waals surface area contributed by atoms with Crippen molar-refractivity contribution in [3.63, 3.8) is 0 Å². The molecule has 1 unspecified atom stereocenters. The maximum atomic E-state index is 13.7. The Kier molecular flexibility index (Phi) is 9.90. The highest BCUT2D eigenvalue weighted by atomic mass is 19.4. The van der Waals surface area contributed by atoms with Crippen LogP contribution in [0.25, 0.3) is 0 Å². The van der Waals surface area contributed by atoms with E-state index in [9.17, 15) is 35.9 Å². The number of halogens is 6. The van der Waals surface area contributed by atoms with E-state index in [-0.39, 0.29) is 42.7 Å². The minimum absolute atomic E-state index is 0.0169. The number of carbonyl (C=O) groups is 2. The van der Waals surface area contributed by atoms with Crippen molar-refractivity contribution in [2.45, 2.75) is 63.3 Å². The van der Waals surface area contributed by atoms with E-state index >= 15 is 0 Å². The first-order valence-corrected chi connectivity index (χ1v) is 14.0. The van der Waals surface area contributed by atoms with Gasteiger partial charge >= 0.3 is 18.3 Å². The molecule has 1 atom stereocenters. The number of alkyl halides is 6. The molecule has 3 heterocycles. The number of aliphatic carboxylic acids is 1. The van der Waals surface area contributed by atoms with Gasteiger partial charge in [-0.3, -0.25) is 9.59 Å². The van der Waals surface area contributed by atoms with E-state index in [1.807, 2.05) is 0 Å². The second-order valence-corrected chi connectivity index (χ2v) is 10.7. The standard InChI is InChI=1S/C28H33F6N5O4/c1-43-21-15-19(27(29,30)31)6-5-18(21)7-11-35-25(42)20-10-14-39(20)23-16-22(36-26(37-23)28(32,33)34)38-12-8-17(9-13-38)3-2-4-24(40)41/h5-6,15-17,20H,2-4,7-14H2,1H3,(H,35,42)(H,40,41). The van der Waals surface area contributed by atoms with Gasteiger partial charge in [0.25, 0.3) is 0 Å². The predicted molar refractivity (Wildman–Crippen MR) is 144 cm³/mol. The molecular weight excluding hydrogens is 584 g/mol. The van der Waals surface area contributed by atoms with Crippen LogP contribution in [0.1, 0.15) is 55.5 Å².